The molecule has 0 radical (unpaired) electrons. The molecule has 0 heterocycles. The van der Waals surface area contributed by atoms with Gasteiger partial charge >= 0.3 is 5.97 Å². The van der Waals surface area contributed by atoms with Gasteiger partial charge in [-0.3, -0.25) is 0 Å². The number of hydrogen-bond donors (Lipinski definition) is 1. The Morgan fingerprint density at radius 1 is 1.24 bits per heavy atom. The second-order valence-corrected chi connectivity index (χ2v) is 4.71. The van der Waals surface area contributed by atoms with E-state index < -0.39 is 17.6 Å². The van der Waals surface area contributed by atoms with Crippen LogP contribution >= 0.6 is 11.6 Å². The van der Waals surface area contributed by atoms with Crippen molar-refractivity contribution in [1.29, 1.82) is 0 Å². The summed E-state index contributed by atoms with van der Waals surface area (Å²) in [5.41, 5.74) is 0.967. The first-order chi connectivity index (χ1) is 10.0. The Morgan fingerprint density at radius 3 is 2.67 bits per heavy atom. The van der Waals surface area contributed by atoms with Crippen LogP contribution in [0.15, 0.2) is 36.4 Å². The van der Waals surface area contributed by atoms with Crippen molar-refractivity contribution >= 4 is 23.3 Å². The third kappa shape index (κ3) is 3.70. The molecule has 0 saturated heterocycles. The van der Waals surface area contributed by atoms with Gasteiger partial charge in [0.1, 0.15) is 11.6 Å². The van der Waals surface area contributed by atoms with Gasteiger partial charge in [0.05, 0.1) is 18.4 Å². The van der Waals surface area contributed by atoms with Gasteiger partial charge in [0.15, 0.2) is 0 Å². The summed E-state index contributed by atoms with van der Waals surface area (Å²) in [6.45, 7) is 0.0798. The Balaban J connectivity index is 2.23. The van der Waals surface area contributed by atoms with Crippen molar-refractivity contribution in [3.05, 3.63) is 64.2 Å². The monoisotopic (exact) mass is 311 g/mol. The van der Waals surface area contributed by atoms with E-state index in [1.807, 2.05) is 0 Å². The van der Waals surface area contributed by atoms with E-state index in [-0.39, 0.29) is 17.7 Å². The van der Waals surface area contributed by atoms with Gasteiger partial charge in [0.2, 0.25) is 0 Å². The first kappa shape index (κ1) is 15.3. The standard InChI is InChI=1S/C15H12ClF2NO2/c1-21-15(20)12-5-3-10(16)6-14(12)19-8-9-2-4-11(17)7-13(9)18/h2-7,19H,8H2,1H3. The molecule has 2 aromatic rings. The Hall–Kier alpha value is -2.14. The van der Waals surface area contributed by atoms with Crippen LogP contribution < -0.4 is 5.32 Å². The van der Waals surface area contributed by atoms with E-state index in [1.165, 1.54) is 31.4 Å². The normalized spacial score (nSPS) is 10.3. The maximum atomic E-state index is 13.6. The number of hydrogen-bond acceptors (Lipinski definition) is 3. The number of carbonyl (C=O) groups excluding carboxylic acids is 1. The number of anilines is 1. The fourth-order valence-corrected chi connectivity index (χ4v) is 1.98. The first-order valence-corrected chi connectivity index (χ1v) is 6.44. The van der Waals surface area contributed by atoms with Gasteiger partial charge in [-0.2, -0.15) is 0 Å². The van der Waals surface area contributed by atoms with Crippen molar-refractivity contribution in [2.24, 2.45) is 0 Å². The summed E-state index contributed by atoms with van der Waals surface area (Å²) >= 11 is 5.88. The molecule has 0 aromatic heterocycles. The zero-order chi connectivity index (χ0) is 15.4. The largest absolute Gasteiger partial charge is 0.465 e. The summed E-state index contributed by atoms with van der Waals surface area (Å²) < 4.78 is 31.1. The summed E-state index contributed by atoms with van der Waals surface area (Å²) in [5.74, 6) is -1.84. The van der Waals surface area contributed by atoms with E-state index in [4.69, 9.17) is 11.6 Å². The third-order valence-corrected chi connectivity index (χ3v) is 3.11. The van der Waals surface area contributed by atoms with Crippen LogP contribution in [0.1, 0.15) is 15.9 Å². The zero-order valence-electron chi connectivity index (χ0n) is 11.1. The van der Waals surface area contributed by atoms with Crippen molar-refractivity contribution in [1.82, 2.24) is 0 Å². The number of carbonyl (C=O) groups is 1. The number of halogens is 3. The Morgan fingerprint density at radius 2 is 2.00 bits per heavy atom. The highest BCUT2D eigenvalue weighted by atomic mass is 35.5. The van der Waals surface area contributed by atoms with E-state index in [0.717, 1.165) is 6.07 Å². The summed E-state index contributed by atoms with van der Waals surface area (Å²) in [6.07, 6.45) is 0. The SMILES string of the molecule is COC(=O)c1ccc(Cl)cc1NCc1ccc(F)cc1F. The van der Waals surface area contributed by atoms with Gasteiger partial charge in [-0.15, -0.1) is 0 Å². The molecule has 0 saturated carbocycles. The predicted molar refractivity (Wildman–Crippen MR) is 76.5 cm³/mol. The lowest BCUT2D eigenvalue weighted by atomic mass is 10.1. The molecule has 0 aliphatic heterocycles. The average molecular weight is 312 g/mol. The quantitative estimate of drug-likeness (QED) is 0.867. The molecule has 21 heavy (non-hydrogen) atoms. The van der Waals surface area contributed by atoms with Crippen LogP contribution in [0.2, 0.25) is 5.02 Å². The molecule has 2 rings (SSSR count). The molecule has 1 N–H and O–H groups in total. The first-order valence-electron chi connectivity index (χ1n) is 6.07. The Labute approximate surface area is 125 Å². The zero-order valence-corrected chi connectivity index (χ0v) is 11.9. The van der Waals surface area contributed by atoms with E-state index in [0.29, 0.717) is 10.7 Å². The topological polar surface area (TPSA) is 38.3 Å². The number of methoxy groups -OCH3 is 1. The molecule has 0 spiro atoms. The molecule has 0 amide bonds. The summed E-state index contributed by atoms with van der Waals surface area (Å²) in [4.78, 5) is 11.6. The summed E-state index contributed by atoms with van der Waals surface area (Å²) in [7, 11) is 1.26. The van der Waals surface area contributed by atoms with Crippen LogP contribution in [-0.4, -0.2) is 13.1 Å². The molecule has 6 heteroatoms. The molecule has 0 aliphatic carbocycles. The van der Waals surface area contributed by atoms with Crippen LogP contribution in [0.4, 0.5) is 14.5 Å². The molecule has 0 fully saturated rings. The molecule has 0 aliphatic rings. The van der Waals surface area contributed by atoms with Crippen LogP contribution in [0.5, 0.6) is 0 Å². The van der Waals surface area contributed by atoms with Crippen molar-refractivity contribution < 1.29 is 18.3 Å². The van der Waals surface area contributed by atoms with Gasteiger partial charge in [0.25, 0.3) is 0 Å². The van der Waals surface area contributed by atoms with E-state index in [2.05, 4.69) is 10.1 Å². The molecule has 0 bridgehead atoms. The van der Waals surface area contributed by atoms with Crippen LogP contribution in [0, 0.1) is 11.6 Å². The van der Waals surface area contributed by atoms with Crippen molar-refractivity contribution in [3.63, 3.8) is 0 Å². The fourth-order valence-electron chi connectivity index (χ4n) is 1.81. The van der Waals surface area contributed by atoms with Gasteiger partial charge in [-0.05, 0) is 24.3 Å². The molecular formula is C15H12ClF2NO2. The molecule has 110 valence electrons. The van der Waals surface area contributed by atoms with Gasteiger partial charge < -0.3 is 10.1 Å². The Bertz CT molecular complexity index is 677. The van der Waals surface area contributed by atoms with E-state index in [1.54, 1.807) is 6.07 Å². The number of esters is 1. The maximum Gasteiger partial charge on any atom is 0.339 e. The van der Waals surface area contributed by atoms with Crippen molar-refractivity contribution in [2.75, 3.05) is 12.4 Å². The number of benzene rings is 2. The van der Waals surface area contributed by atoms with Crippen molar-refractivity contribution in [3.8, 4) is 0 Å². The average Bonchev–Trinajstić information content (AvgIpc) is 2.45. The molecule has 2 aromatic carbocycles. The lowest BCUT2D eigenvalue weighted by Crippen LogP contribution is -2.09. The minimum atomic E-state index is -0.663. The lowest BCUT2D eigenvalue weighted by molar-refractivity contribution is 0.0602. The lowest BCUT2D eigenvalue weighted by Gasteiger charge is -2.12. The second kappa shape index (κ2) is 6.54. The number of rotatable bonds is 4. The molecule has 0 atom stereocenters. The Kier molecular flexibility index (Phi) is 4.75. The van der Waals surface area contributed by atoms with Crippen LogP contribution in [0.25, 0.3) is 0 Å². The van der Waals surface area contributed by atoms with Gasteiger partial charge in [-0.25, -0.2) is 13.6 Å². The van der Waals surface area contributed by atoms with Crippen LogP contribution in [-0.2, 0) is 11.3 Å². The van der Waals surface area contributed by atoms with E-state index in [9.17, 15) is 13.6 Å². The molecule has 3 nitrogen and oxygen atoms in total. The highest BCUT2D eigenvalue weighted by Crippen LogP contribution is 2.23. The molecular weight excluding hydrogens is 300 g/mol. The van der Waals surface area contributed by atoms with Gasteiger partial charge in [-0.1, -0.05) is 17.7 Å². The number of ether oxygens (including phenoxy) is 1. The smallest absolute Gasteiger partial charge is 0.339 e. The highest BCUT2D eigenvalue weighted by molar-refractivity contribution is 6.31. The molecule has 0 unspecified atom stereocenters. The van der Waals surface area contributed by atoms with E-state index >= 15 is 0 Å². The second-order valence-electron chi connectivity index (χ2n) is 4.27. The summed E-state index contributed by atoms with van der Waals surface area (Å²) in [6, 6.07) is 7.90. The fraction of sp³-hybridized carbons (Fsp3) is 0.133. The maximum absolute atomic E-state index is 13.6. The summed E-state index contributed by atoms with van der Waals surface area (Å²) in [5, 5.41) is 3.32. The van der Waals surface area contributed by atoms with Crippen LogP contribution in [0.3, 0.4) is 0 Å². The van der Waals surface area contributed by atoms with Crippen molar-refractivity contribution in [2.45, 2.75) is 6.54 Å². The number of nitrogens with one attached hydrogen (secondary N) is 1. The minimum Gasteiger partial charge on any atom is -0.465 e. The minimum absolute atomic E-state index is 0.0798. The van der Waals surface area contributed by atoms with Gasteiger partial charge in [0, 0.05) is 23.2 Å². The predicted octanol–water partition coefficient (Wildman–Crippen LogP) is 4.02. The third-order valence-electron chi connectivity index (χ3n) is 2.87. The highest BCUT2D eigenvalue weighted by Gasteiger charge is 2.13.